The second-order valence-electron chi connectivity index (χ2n) is 7.22. The van der Waals surface area contributed by atoms with Crippen molar-refractivity contribution < 1.29 is 53.2 Å². The number of alkyl halides is 9. The summed E-state index contributed by atoms with van der Waals surface area (Å²) in [7, 11) is -2.35. The summed E-state index contributed by atoms with van der Waals surface area (Å²) in [6, 6.07) is 3.51. The number of hydrogen-bond acceptors (Lipinski definition) is 7. The summed E-state index contributed by atoms with van der Waals surface area (Å²) >= 11 is -0.436. The van der Waals surface area contributed by atoms with Crippen LogP contribution in [0.3, 0.4) is 0 Å². The lowest BCUT2D eigenvalue weighted by Gasteiger charge is -2.23. The fourth-order valence-corrected chi connectivity index (χ4v) is 4.73. The smallest absolute Gasteiger partial charge is 0.428 e. The minimum atomic E-state index is -5.73. The van der Waals surface area contributed by atoms with Crippen molar-refractivity contribution in [2.24, 2.45) is 7.05 Å². The Bertz CT molecular complexity index is 1410. The maximum absolute atomic E-state index is 13.9. The highest BCUT2D eigenvalue weighted by molar-refractivity contribution is 8.00. The first-order valence-corrected chi connectivity index (χ1v) is 12.3. The summed E-state index contributed by atoms with van der Waals surface area (Å²) in [5, 5.41) is 0. The number of nitrogens with zero attached hydrogens (tertiary/aromatic N) is 3. The minimum Gasteiger partial charge on any atom is -0.428 e. The molecule has 2 atom stereocenters. The molecule has 0 aliphatic heterocycles. The Labute approximate surface area is 206 Å². The summed E-state index contributed by atoms with van der Waals surface area (Å²) in [5.74, 6) is -1.36. The Morgan fingerprint density at radius 1 is 1.14 bits per heavy atom. The minimum absolute atomic E-state index is 0.0119. The molecule has 0 amide bonds. The molecule has 7 nitrogen and oxygen atoms in total. The van der Waals surface area contributed by atoms with Crippen molar-refractivity contribution >= 4 is 32.7 Å². The number of hydrogen-bond donors (Lipinski definition) is 1. The molecule has 0 saturated carbocycles. The van der Waals surface area contributed by atoms with E-state index in [4.69, 9.17) is 4.78 Å². The lowest BCUT2D eigenvalue weighted by Crippen LogP contribution is -2.41. The van der Waals surface area contributed by atoms with E-state index in [1.165, 1.54) is 18.5 Å². The Morgan fingerprint density at radius 3 is 2.35 bits per heavy atom. The molecule has 0 spiro atoms. The first kappa shape index (κ1) is 28.8. The van der Waals surface area contributed by atoms with Crippen LogP contribution in [-0.4, -0.2) is 48.8 Å². The van der Waals surface area contributed by atoms with Crippen molar-refractivity contribution in [3.63, 3.8) is 0 Å². The Kier molecular flexibility index (Phi) is 7.69. The summed E-state index contributed by atoms with van der Waals surface area (Å²) in [6.45, 7) is 1.33. The van der Waals surface area contributed by atoms with Crippen molar-refractivity contribution in [1.29, 1.82) is 4.78 Å². The van der Waals surface area contributed by atoms with Gasteiger partial charge < -0.3 is 9.30 Å². The molecule has 18 heteroatoms. The van der Waals surface area contributed by atoms with E-state index in [2.05, 4.69) is 19.4 Å². The first-order chi connectivity index (χ1) is 16.8. The summed E-state index contributed by atoms with van der Waals surface area (Å²) in [6.07, 6.45) is -14.2. The van der Waals surface area contributed by atoms with E-state index in [1.807, 2.05) is 0 Å². The number of benzene rings is 1. The summed E-state index contributed by atoms with van der Waals surface area (Å²) in [5.41, 5.74) is -4.61. The molecule has 0 aliphatic carbocycles. The van der Waals surface area contributed by atoms with Crippen LogP contribution in [0.15, 0.2) is 40.3 Å². The third-order valence-corrected chi connectivity index (χ3v) is 7.18. The average molecular weight is 582 g/mol. The highest BCUT2D eigenvalue weighted by Crippen LogP contribution is 2.39. The second kappa shape index (κ2) is 9.86. The maximum atomic E-state index is 13.9. The number of aryl methyl sites for hydroxylation is 1. The molecule has 37 heavy (non-hydrogen) atoms. The molecule has 204 valence electrons. The number of ether oxygens (including phenoxy) is 2. The quantitative estimate of drug-likeness (QED) is 0.242. The van der Waals surface area contributed by atoms with Crippen LogP contribution in [0.4, 0.5) is 39.5 Å². The summed E-state index contributed by atoms with van der Waals surface area (Å²) < 4.78 is 145. The molecule has 2 aromatic heterocycles. The third kappa shape index (κ3) is 6.78. The molecular formula is C19H15F9N4O3S2. The van der Waals surface area contributed by atoms with Gasteiger partial charge in [0.05, 0.1) is 14.6 Å². The fourth-order valence-electron chi connectivity index (χ4n) is 3.06. The molecule has 0 bridgehead atoms. The van der Waals surface area contributed by atoms with Gasteiger partial charge in [0.1, 0.15) is 17.1 Å². The van der Waals surface area contributed by atoms with Crippen LogP contribution in [0, 0.1) is 4.78 Å². The van der Waals surface area contributed by atoms with Gasteiger partial charge >= 0.3 is 24.3 Å². The van der Waals surface area contributed by atoms with E-state index in [9.17, 15) is 43.7 Å². The van der Waals surface area contributed by atoms with Crippen LogP contribution >= 0.6 is 11.8 Å². The van der Waals surface area contributed by atoms with Crippen LogP contribution in [0.2, 0.25) is 0 Å². The zero-order valence-electron chi connectivity index (χ0n) is 18.5. The molecule has 0 fully saturated rings. The van der Waals surface area contributed by atoms with Crippen molar-refractivity contribution in [2.75, 3.05) is 5.75 Å². The fraction of sp³-hybridized carbons (Fsp3) is 0.368. The number of imidazole rings is 1. The monoisotopic (exact) mass is 582 g/mol. The predicted octanol–water partition coefficient (Wildman–Crippen LogP) is 6.48. The predicted molar refractivity (Wildman–Crippen MR) is 113 cm³/mol. The highest BCUT2D eigenvalue weighted by Gasteiger charge is 2.50. The first-order valence-electron chi connectivity index (χ1n) is 9.77. The van der Waals surface area contributed by atoms with Gasteiger partial charge in [-0.05, 0) is 36.0 Å². The number of pyridine rings is 1. The van der Waals surface area contributed by atoms with Gasteiger partial charge in [-0.25, -0.2) is 28.1 Å². The van der Waals surface area contributed by atoms with Crippen molar-refractivity contribution in [3.05, 3.63) is 30.5 Å². The second-order valence-corrected chi connectivity index (χ2v) is 10.7. The largest absolute Gasteiger partial charge is 0.525 e. The summed E-state index contributed by atoms with van der Waals surface area (Å²) in [4.78, 5) is 7.37. The van der Waals surface area contributed by atoms with E-state index in [1.54, 1.807) is 0 Å². The number of rotatable bonds is 8. The van der Waals surface area contributed by atoms with Gasteiger partial charge in [0.15, 0.2) is 5.65 Å². The number of aromatic nitrogens is 3. The zero-order valence-corrected chi connectivity index (χ0v) is 20.1. The molecule has 3 aromatic rings. The van der Waals surface area contributed by atoms with E-state index in [0.29, 0.717) is 6.07 Å². The number of halogens is 9. The number of thioether (sulfide) groups is 1. The highest BCUT2D eigenvalue weighted by atomic mass is 32.2. The topological polar surface area (TPSA) is 90.1 Å². The zero-order chi connectivity index (χ0) is 28.0. The van der Waals surface area contributed by atoms with Gasteiger partial charge in [-0.15, -0.1) is 13.2 Å². The van der Waals surface area contributed by atoms with E-state index >= 15 is 0 Å². The van der Waals surface area contributed by atoms with Crippen LogP contribution in [0.25, 0.3) is 22.6 Å². The molecule has 2 unspecified atom stereocenters. The Morgan fingerprint density at radius 2 is 1.78 bits per heavy atom. The standard InChI is InChI=1S/C19H15F9N4O3S2/c1-3-37(29,33)13-6-9(34-17(21,22)16(20)35-18(23,24)25)4-5-11(13)14-31-12-7-10(36-19(26,27)28)8-30-15(12)32(14)2/h4-8,16,29H,3H2,1-2H3. The molecule has 3 rings (SSSR count). The van der Waals surface area contributed by atoms with Crippen LogP contribution in [-0.2, 0) is 21.5 Å². The van der Waals surface area contributed by atoms with Crippen LogP contribution in [0.1, 0.15) is 6.92 Å². The van der Waals surface area contributed by atoms with Gasteiger partial charge in [-0.3, -0.25) is 0 Å². The molecule has 1 aromatic carbocycles. The van der Waals surface area contributed by atoms with Crippen LogP contribution in [0.5, 0.6) is 5.75 Å². The van der Waals surface area contributed by atoms with Gasteiger partial charge in [-0.1, -0.05) is 6.92 Å². The van der Waals surface area contributed by atoms with E-state index in [-0.39, 0.29) is 33.2 Å². The van der Waals surface area contributed by atoms with Gasteiger partial charge in [0.25, 0.3) is 0 Å². The van der Waals surface area contributed by atoms with Gasteiger partial charge in [-0.2, -0.15) is 22.0 Å². The SMILES string of the molecule is CCS(=N)(=O)c1cc(OC(F)(F)C(F)OC(F)(F)F)ccc1-c1nc2cc(SC(F)(F)F)cnc2n1C. The molecule has 1 N–H and O–H groups in total. The third-order valence-electron chi connectivity index (χ3n) is 4.63. The molecule has 0 aliphatic rings. The van der Waals surface area contributed by atoms with Crippen molar-refractivity contribution in [2.45, 2.75) is 41.1 Å². The molecule has 2 heterocycles. The Balaban J connectivity index is 2.08. The lowest BCUT2D eigenvalue weighted by atomic mass is 10.2. The van der Waals surface area contributed by atoms with E-state index in [0.717, 1.165) is 24.4 Å². The van der Waals surface area contributed by atoms with Gasteiger partial charge in [0.2, 0.25) is 0 Å². The van der Waals surface area contributed by atoms with Crippen molar-refractivity contribution in [3.8, 4) is 17.1 Å². The number of fused-ring (bicyclic) bond motifs is 1. The lowest BCUT2D eigenvalue weighted by molar-refractivity contribution is -0.411. The van der Waals surface area contributed by atoms with Crippen LogP contribution < -0.4 is 4.74 Å². The van der Waals surface area contributed by atoms with Crippen molar-refractivity contribution in [1.82, 2.24) is 14.5 Å². The molecular weight excluding hydrogens is 567 g/mol. The normalized spacial score (nSPS) is 15.5. The molecule has 0 radical (unpaired) electrons. The van der Waals surface area contributed by atoms with Gasteiger partial charge in [0, 0.05) is 29.5 Å². The average Bonchev–Trinajstić information content (AvgIpc) is 3.06. The number of nitrogens with one attached hydrogen (secondary N) is 1. The van der Waals surface area contributed by atoms with E-state index < -0.39 is 56.5 Å². The molecule has 0 saturated heterocycles. The Hall–Kier alpha value is -2.73. The maximum Gasteiger partial charge on any atom is 0.525 e.